The number of carbonyl (C=O) groups is 2. The standard InChI is InChI=1S/C24H25FN6O3/c25-18-7-5-16(6-8-18)12-28-23(32)9-10-31-14-19(29-30-31)15-34-24(33)21(26)11-17-13-27-22-4-2-1-3-20(17)22/h1-8,13-14,21,27H,9-12,15,26H2,(H,28,32)/t21-/m0/s1. The Morgan fingerprint density at radius 3 is 2.79 bits per heavy atom. The summed E-state index contributed by atoms with van der Waals surface area (Å²) in [5, 5.41) is 11.7. The molecule has 0 radical (unpaired) electrons. The highest BCUT2D eigenvalue weighted by Gasteiger charge is 2.18. The van der Waals surface area contributed by atoms with E-state index in [0.29, 0.717) is 25.2 Å². The first-order chi connectivity index (χ1) is 16.5. The van der Waals surface area contributed by atoms with E-state index in [4.69, 9.17) is 10.5 Å². The Bertz CT molecular complexity index is 1270. The van der Waals surface area contributed by atoms with Crippen molar-refractivity contribution in [3.8, 4) is 0 Å². The van der Waals surface area contributed by atoms with Crippen molar-refractivity contribution < 1.29 is 18.7 Å². The molecule has 4 aromatic rings. The van der Waals surface area contributed by atoms with Crippen LogP contribution in [0.2, 0.25) is 0 Å². The van der Waals surface area contributed by atoms with E-state index in [-0.39, 0.29) is 24.8 Å². The number of aromatic amines is 1. The number of amides is 1. The minimum Gasteiger partial charge on any atom is -0.458 e. The number of esters is 1. The number of benzene rings is 2. The Morgan fingerprint density at radius 1 is 1.18 bits per heavy atom. The van der Waals surface area contributed by atoms with Crippen LogP contribution < -0.4 is 11.1 Å². The number of nitrogens with zero attached hydrogens (tertiary/aromatic N) is 3. The van der Waals surface area contributed by atoms with Crippen LogP contribution in [-0.2, 0) is 40.4 Å². The minimum absolute atomic E-state index is 0.0584. The van der Waals surface area contributed by atoms with Crippen molar-refractivity contribution in [3.05, 3.63) is 83.6 Å². The molecular formula is C24H25FN6O3. The van der Waals surface area contributed by atoms with E-state index < -0.39 is 12.0 Å². The summed E-state index contributed by atoms with van der Waals surface area (Å²) < 4.78 is 19.7. The number of fused-ring (bicyclic) bond motifs is 1. The van der Waals surface area contributed by atoms with Crippen LogP contribution in [0.1, 0.15) is 23.2 Å². The van der Waals surface area contributed by atoms with Crippen molar-refractivity contribution in [1.29, 1.82) is 0 Å². The van der Waals surface area contributed by atoms with Gasteiger partial charge in [-0.05, 0) is 29.3 Å². The number of aromatic nitrogens is 4. The van der Waals surface area contributed by atoms with Gasteiger partial charge in [0.2, 0.25) is 5.91 Å². The number of nitrogens with two attached hydrogens (primary N) is 1. The number of halogens is 1. The number of H-pyrrole nitrogens is 1. The minimum atomic E-state index is -0.806. The number of hydrogen-bond donors (Lipinski definition) is 3. The summed E-state index contributed by atoms with van der Waals surface area (Å²) in [5.74, 6) is -1.02. The maximum atomic E-state index is 12.9. The topological polar surface area (TPSA) is 128 Å². The number of para-hydroxylation sites is 1. The molecule has 1 amide bonds. The molecule has 34 heavy (non-hydrogen) atoms. The van der Waals surface area contributed by atoms with Gasteiger partial charge in [0, 0.05) is 36.5 Å². The molecule has 9 nitrogen and oxygen atoms in total. The van der Waals surface area contributed by atoms with E-state index in [1.54, 1.807) is 18.3 Å². The van der Waals surface area contributed by atoms with Gasteiger partial charge in [0.15, 0.2) is 0 Å². The fourth-order valence-electron chi connectivity index (χ4n) is 3.49. The lowest BCUT2D eigenvalue weighted by Crippen LogP contribution is -2.34. The molecule has 0 aliphatic rings. The molecule has 0 fully saturated rings. The second-order valence-electron chi connectivity index (χ2n) is 7.90. The molecule has 0 saturated heterocycles. The summed E-state index contributed by atoms with van der Waals surface area (Å²) in [6.45, 7) is 0.573. The lowest BCUT2D eigenvalue weighted by molar-refractivity contribution is -0.146. The van der Waals surface area contributed by atoms with Crippen molar-refractivity contribution in [1.82, 2.24) is 25.3 Å². The van der Waals surface area contributed by atoms with Crippen LogP contribution in [0.3, 0.4) is 0 Å². The molecule has 0 aliphatic carbocycles. The first-order valence-electron chi connectivity index (χ1n) is 10.9. The maximum absolute atomic E-state index is 12.9. The average molecular weight is 465 g/mol. The molecule has 2 aromatic carbocycles. The van der Waals surface area contributed by atoms with Crippen LogP contribution in [-0.4, -0.2) is 37.9 Å². The highest BCUT2D eigenvalue weighted by molar-refractivity contribution is 5.84. The van der Waals surface area contributed by atoms with Gasteiger partial charge in [0.05, 0.1) is 12.7 Å². The number of hydrogen-bond acceptors (Lipinski definition) is 6. The van der Waals surface area contributed by atoms with Crippen LogP contribution in [0.4, 0.5) is 4.39 Å². The Morgan fingerprint density at radius 2 is 1.97 bits per heavy atom. The molecule has 0 spiro atoms. The summed E-state index contributed by atoms with van der Waals surface area (Å²) in [6, 6.07) is 12.9. The second kappa shape index (κ2) is 10.7. The predicted octanol–water partition coefficient (Wildman–Crippen LogP) is 2.22. The van der Waals surface area contributed by atoms with Crippen molar-refractivity contribution in [2.45, 2.75) is 38.6 Å². The first kappa shape index (κ1) is 23.1. The van der Waals surface area contributed by atoms with E-state index in [1.807, 2.05) is 30.5 Å². The highest BCUT2D eigenvalue weighted by atomic mass is 19.1. The Hall–Kier alpha value is -4.05. The lowest BCUT2D eigenvalue weighted by Gasteiger charge is -2.10. The Balaban J connectivity index is 1.19. The van der Waals surface area contributed by atoms with Gasteiger partial charge >= 0.3 is 5.97 Å². The predicted molar refractivity (Wildman–Crippen MR) is 123 cm³/mol. The summed E-state index contributed by atoms with van der Waals surface area (Å²) in [7, 11) is 0. The third-order valence-corrected chi connectivity index (χ3v) is 5.34. The Kier molecular flexibility index (Phi) is 7.28. The van der Waals surface area contributed by atoms with E-state index in [0.717, 1.165) is 22.0 Å². The van der Waals surface area contributed by atoms with E-state index in [2.05, 4.69) is 20.6 Å². The summed E-state index contributed by atoms with van der Waals surface area (Å²) >= 11 is 0. The molecule has 0 bridgehead atoms. The van der Waals surface area contributed by atoms with E-state index in [1.165, 1.54) is 16.8 Å². The summed E-state index contributed by atoms with van der Waals surface area (Å²) in [6.07, 6.45) is 4.01. The van der Waals surface area contributed by atoms with Crippen molar-refractivity contribution in [2.75, 3.05) is 0 Å². The third-order valence-electron chi connectivity index (χ3n) is 5.34. The molecule has 2 aromatic heterocycles. The van der Waals surface area contributed by atoms with Gasteiger partial charge in [-0.1, -0.05) is 35.5 Å². The van der Waals surface area contributed by atoms with Crippen molar-refractivity contribution >= 4 is 22.8 Å². The molecule has 176 valence electrons. The van der Waals surface area contributed by atoms with Crippen LogP contribution in [0.25, 0.3) is 10.9 Å². The van der Waals surface area contributed by atoms with Gasteiger partial charge < -0.3 is 20.8 Å². The smallest absolute Gasteiger partial charge is 0.323 e. The monoisotopic (exact) mass is 464 g/mol. The van der Waals surface area contributed by atoms with Crippen molar-refractivity contribution in [3.63, 3.8) is 0 Å². The number of aryl methyl sites for hydroxylation is 1. The van der Waals surface area contributed by atoms with Gasteiger partial charge in [-0.15, -0.1) is 5.10 Å². The molecule has 0 unspecified atom stereocenters. The number of rotatable bonds is 10. The second-order valence-corrected chi connectivity index (χ2v) is 7.90. The molecule has 0 aliphatic heterocycles. The molecule has 0 saturated carbocycles. The highest BCUT2D eigenvalue weighted by Crippen LogP contribution is 2.19. The van der Waals surface area contributed by atoms with Gasteiger partial charge in [-0.3, -0.25) is 14.3 Å². The van der Waals surface area contributed by atoms with Crippen LogP contribution in [0.5, 0.6) is 0 Å². The van der Waals surface area contributed by atoms with Crippen LogP contribution >= 0.6 is 0 Å². The molecule has 10 heteroatoms. The number of carbonyl (C=O) groups excluding carboxylic acids is 2. The first-order valence-corrected chi connectivity index (χ1v) is 10.9. The zero-order valence-corrected chi connectivity index (χ0v) is 18.4. The largest absolute Gasteiger partial charge is 0.458 e. The zero-order valence-electron chi connectivity index (χ0n) is 18.4. The normalized spacial score (nSPS) is 11.9. The quantitative estimate of drug-likeness (QED) is 0.309. The maximum Gasteiger partial charge on any atom is 0.323 e. The molecule has 4 rings (SSSR count). The van der Waals surface area contributed by atoms with Crippen LogP contribution in [0.15, 0.2) is 60.9 Å². The van der Waals surface area contributed by atoms with Gasteiger partial charge in [-0.2, -0.15) is 0 Å². The Labute approximate surface area is 195 Å². The fraction of sp³-hybridized carbons (Fsp3) is 0.250. The van der Waals surface area contributed by atoms with E-state index in [9.17, 15) is 14.0 Å². The molecule has 1 atom stereocenters. The van der Waals surface area contributed by atoms with Gasteiger partial charge in [0.1, 0.15) is 24.2 Å². The average Bonchev–Trinajstić information content (AvgIpc) is 3.48. The van der Waals surface area contributed by atoms with Gasteiger partial charge in [-0.25, -0.2) is 4.39 Å². The number of nitrogens with one attached hydrogen (secondary N) is 2. The zero-order chi connectivity index (χ0) is 23.9. The van der Waals surface area contributed by atoms with E-state index >= 15 is 0 Å². The van der Waals surface area contributed by atoms with Gasteiger partial charge in [0.25, 0.3) is 0 Å². The summed E-state index contributed by atoms with van der Waals surface area (Å²) in [4.78, 5) is 27.5. The lowest BCUT2D eigenvalue weighted by atomic mass is 10.1. The fourth-order valence-corrected chi connectivity index (χ4v) is 3.49. The SMILES string of the molecule is N[C@@H](Cc1c[nH]c2ccccc12)C(=O)OCc1cn(CCC(=O)NCc2ccc(F)cc2)nn1. The third kappa shape index (κ3) is 6.04. The molecular weight excluding hydrogens is 439 g/mol. The van der Waals surface area contributed by atoms with Crippen LogP contribution in [0, 0.1) is 5.82 Å². The number of ether oxygens (including phenoxy) is 1. The summed E-state index contributed by atoms with van der Waals surface area (Å²) in [5.41, 5.74) is 9.23. The molecule has 2 heterocycles. The molecule has 4 N–H and O–H groups in total. The van der Waals surface area contributed by atoms with Crippen molar-refractivity contribution in [2.24, 2.45) is 5.73 Å².